The zero-order valence-corrected chi connectivity index (χ0v) is 19.6. The molecule has 2 aliphatic heterocycles. The van der Waals surface area contributed by atoms with Crippen molar-refractivity contribution in [3.05, 3.63) is 58.5 Å². The lowest BCUT2D eigenvalue weighted by molar-refractivity contribution is 0.151. The number of anilines is 1. The predicted molar refractivity (Wildman–Crippen MR) is 130 cm³/mol. The molecule has 0 radical (unpaired) electrons. The number of fused-ring (bicyclic) bond motifs is 2. The van der Waals surface area contributed by atoms with E-state index in [0.29, 0.717) is 29.7 Å². The van der Waals surface area contributed by atoms with Crippen molar-refractivity contribution in [1.29, 1.82) is 0 Å². The second-order valence-corrected chi connectivity index (χ2v) is 10.2. The standard InChI is InChI=1S/C23H26N6O4S/c1-27-12-14-28(15-13-27)10-5-11-29-22-16(6-4-9-24-22)20(30)19(23(29)31)21-25-17-7-2-3-8-18(17)34(32,33)26-21/h2-4,6-9,30H,5,10-15H2,1H3,(H,25,26). The van der Waals surface area contributed by atoms with Crippen molar-refractivity contribution in [2.24, 2.45) is 4.40 Å². The number of pyridine rings is 2. The molecule has 1 aromatic carbocycles. The van der Waals surface area contributed by atoms with Gasteiger partial charge in [0.25, 0.3) is 15.6 Å². The molecule has 2 aliphatic rings. The second-order valence-electron chi connectivity index (χ2n) is 8.59. The average molecular weight is 483 g/mol. The van der Waals surface area contributed by atoms with Crippen LogP contribution in [0.5, 0.6) is 5.75 Å². The lowest BCUT2D eigenvalue weighted by Crippen LogP contribution is -2.45. The van der Waals surface area contributed by atoms with Gasteiger partial charge >= 0.3 is 0 Å². The number of hydrogen-bond acceptors (Lipinski definition) is 8. The van der Waals surface area contributed by atoms with Crippen molar-refractivity contribution in [1.82, 2.24) is 19.4 Å². The predicted octanol–water partition coefficient (Wildman–Crippen LogP) is 1.30. The maximum atomic E-state index is 13.6. The smallest absolute Gasteiger partial charge is 0.286 e. The van der Waals surface area contributed by atoms with E-state index in [1.54, 1.807) is 36.5 Å². The Labute approximate surface area is 197 Å². The van der Waals surface area contributed by atoms with Crippen LogP contribution in [-0.2, 0) is 16.6 Å². The van der Waals surface area contributed by atoms with Crippen LogP contribution in [0.3, 0.4) is 0 Å². The van der Waals surface area contributed by atoms with Crippen molar-refractivity contribution in [3.63, 3.8) is 0 Å². The summed E-state index contributed by atoms with van der Waals surface area (Å²) < 4.78 is 30.8. The third kappa shape index (κ3) is 4.06. The Morgan fingerprint density at radius 2 is 1.82 bits per heavy atom. The Hall–Kier alpha value is -3.28. The zero-order chi connectivity index (χ0) is 23.9. The Bertz CT molecular complexity index is 1440. The number of amidine groups is 1. The van der Waals surface area contributed by atoms with E-state index in [9.17, 15) is 18.3 Å². The highest BCUT2D eigenvalue weighted by molar-refractivity contribution is 7.90. The monoisotopic (exact) mass is 482 g/mol. The minimum atomic E-state index is -4.04. The van der Waals surface area contributed by atoms with Gasteiger partial charge in [-0.1, -0.05) is 12.1 Å². The zero-order valence-electron chi connectivity index (χ0n) is 18.8. The van der Waals surface area contributed by atoms with Crippen LogP contribution in [0.2, 0.25) is 0 Å². The van der Waals surface area contributed by atoms with Gasteiger partial charge in [0, 0.05) is 38.9 Å². The van der Waals surface area contributed by atoms with Crippen molar-refractivity contribution >= 4 is 32.6 Å². The molecule has 0 unspecified atom stereocenters. The van der Waals surface area contributed by atoms with Crippen LogP contribution in [0.4, 0.5) is 5.69 Å². The lowest BCUT2D eigenvalue weighted by Gasteiger charge is -2.32. The van der Waals surface area contributed by atoms with Gasteiger partial charge in [0.2, 0.25) is 0 Å². The van der Waals surface area contributed by atoms with Gasteiger partial charge in [-0.2, -0.15) is 8.42 Å². The first kappa shape index (κ1) is 22.5. The van der Waals surface area contributed by atoms with Gasteiger partial charge in [-0.3, -0.25) is 9.36 Å². The van der Waals surface area contributed by atoms with E-state index in [-0.39, 0.29) is 22.0 Å². The Morgan fingerprint density at radius 1 is 1.06 bits per heavy atom. The van der Waals surface area contributed by atoms with Crippen LogP contribution in [0.25, 0.3) is 11.0 Å². The number of benzene rings is 1. The summed E-state index contributed by atoms with van der Waals surface area (Å²) in [6, 6.07) is 9.64. The van der Waals surface area contributed by atoms with E-state index in [4.69, 9.17) is 0 Å². The van der Waals surface area contributed by atoms with Crippen LogP contribution < -0.4 is 10.9 Å². The third-order valence-electron chi connectivity index (χ3n) is 6.31. The van der Waals surface area contributed by atoms with E-state index in [0.717, 1.165) is 32.7 Å². The van der Waals surface area contributed by atoms with Gasteiger partial charge in [0.15, 0.2) is 5.84 Å². The fraction of sp³-hybridized carbons (Fsp3) is 0.348. The summed E-state index contributed by atoms with van der Waals surface area (Å²) in [6.07, 6.45) is 2.27. The van der Waals surface area contributed by atoms with Crippen molar-refractivity contribution in [2.45, 2.75) is 17.9 Å². The molecule has 5 rings (SSSR count). The summed E-state index contributed by atoms with van der Waals surface area (Å²) in [4.78, 5) is 22.6. The summed E-state index contributed by atoms with van der Waals surface area (Å²) in [5, 5.41) is 14.3. The highest BCUT2D eigenvalue weighted by Crippen LogP contribution is 2.31. The number of hydrogen-bond donors (Lipinski definition) is 2. The number of sulfonamides is 1. The summed E-state index contributed by atoms with van der Waals surface area (Å²) >= 11 is 0. The van der Waals surface area contributed by atoms with E-state index in [1.807, 2.05) is 0 Å². The maximum absolute atomic E-state index is 13.6. The topological polar surface area (TPSA) is 120 Å². The molecular weight excluding hydrogens is 456 g/mol. The van der Waals surface area contributed by atoms with Crippen LogP contribution in [0.1, 0.15) is 12.0 Å². The molecule has 0 atom stereocenters. The van der Waals surface area contributed by atoms with Gasteiger partial charge in [0.1, 0.15) is 21.9 Å². The molecule has 1 fully saturated rings. The van der Waals surface area contributed by atoms with Crippen molar-refractivity contribution < 1.29 is 13.5 Å². The molecule has 0 saturated carbocycles. The molecule has 0 bridgehead atoms. The molecule has 0 aliphatic carbocycles. The van der Waals surface area contributed by atoms with Gasteiger partial charge in [0.05, 0.1) is 11.1 Å². The average Bonchev–Trinajstić information content (AvgIpc) is 2.82. The van der Waals surface area contributed by atoms with Crippen LogP contribution in [-0.4, -0.2) is 78.5 Å². The molecule has 34 heavy (non-hydrogen) atoms. The maximum Gasteiger partial charge on any atom is 0.286 e. The molecule has 3 aromatic rings. The number of piperazine rings is 1. The first-order valence-corrected chi connectivity index (χ1v) is 12.6. The summed E-state index contributed by atoms with van der Waals surface area (Å²) in [5.74, 6) is -0.538. The molecule has 2 N–H and O–H groups in total. The first-order valence-electron chi connectivity index (χ1n) is 11.2. The number of likely N-dealkylation sites (N-methyl/N-ethyl adjacent to an activating group) is 1. The van der Waals surface area contributed by atoms with Gasteiger partial charge < -0.3 is 20.2 Å². The minimum absolute atomic E-state index is 0.0215. The number of nitrogens with one attached hydrogen (secondary N) is 1. The molecular formula is C23H26N6O4S. The molecule has 11 heteroatoms. The Kier molecular flexibility index (Phi) is 5.84. The molecule has 0 spiro atoms. The second kappa shape index (κ2) is 8.82. The normalized spacial score (nSPS) is 18.3. The quantitative estimate of drug-likeness (QED) is 0.558. The van der Waals surface area contributed by atoms with E-state index >= 15 is 0 Å². The first-order chi connectivity index (χ1) is 16.3. The molecule has 10 nitrogen and oxygen atoms in total. The molecule has 4 heterocycles. The van der Waals surface area contributed by atoms with E-state index in [1.165, 1.54) is 10.6 Å². The molecule has 178 valence electrons. The van der Waals surface area contributed by atoms with Crippen LogP contribution >= 0.6 is 0 Å². The highest BCUT2D eigenvalue weighted by atomic mass is 32.2. The Morgan fingerprint density at radius 3 is 2.62 bits per heavy atom. The third-order valence-corrected chi connectivity index (χ3v) is 7.65. The Balaban J connectivity index is 1.54. The van der Waals surface area contributed by atoms with Gasteiger partial charge in [-0.15, -0.1) is 4.40 Å². The molecule has 0 amide bonds. The van der Waals surface area contributed by atoms with Gasteiger partial charge in [-0.25, -0.2) is 4.98 Å². The number of aryl methyl sites for hydroxylation is 1. The van der Waals surface area contributed by atoms with Crippen LogP contribution in [0, 0.1) is 0 Å². The van der Waals surface area contributed by atoms with E-state index in [2.05, 4.69) is 31.5 Å². The van der Waals surface area contributed by atoms with Crippen molar-refractivity contribution in [2.75, 3.05) is 45.1 Å². The molecule has 1 saturated heterocycles. The fourth-order valence-corrected chi connectivity index (χ4v) is 5.55. The highest BCUT2D eigenvalue weighted by Gasteiger charge is 2.29. The number of rotatable bonds is 5. The summed E-state index contributed by atoms with van der Waals surface area (Å²) in [7, 11) is -1.93. The summed E-state index contributed by atoms with van der Waals surface area (Å²) in [6.45, 7) is 5.17. The summed E-state index contributed by atoms with van der Waals surface area (Å²) in [5.41, 5.74) is -0.0629. The van der Waals surface area contributed by atoms with E-state index < -0.39 is 15.6 Å². The number of para-hydroxylation sites is 1. The number of nitrogens with zero attached hydrogens (tertiary/aromatic N) is 5. The fourth-order valence-electron chi connectivity index (χ4n) is 4.43. The van der Waals surface area contributed by atoms with Crippen molar-refractivity contribution in [3.8, 4) is 5.75 Å². The number of aromatic nitrogens is 2. The number of aromatic hydroxyl groups is 1. The lowest BCUT2D eigenvalue weighted by atomic mass is 10.1. The molecule has 2 aromatic heterocycles. The SMILES string of the molecule is CN1CCN(CCCn2c(=O)c(C3=NS(=O)(=O)c4ccccc4N3)c(O)c3cccnc32)CC1. The largest absolute Gasteiger partial charge is 0.506 e. The minimum Gasteiger partial charge on any atom is -0.506 e. The van der Waals surface area contributed by atoms with Gasteiger partial charge in [-0.05, 0) is 44.3 Å². The van der Waals surface area contributed by atoms with Crippen LogP contribution in [0.15, 0.2) is 56.7 Å².